The normalized spacial score (nSPS) is 11.6. The highest BCUT2D eigenvalue weighted by atomic mass is 35.5. The molecule has 0 aliphatic carbocycles. The van der Waals surface area contributed by atoms with E-state index in [1.165, 1.54) is 9.59 Å². The molecule has 0 unspecified atom stereocenters. The van der Waals surface area contributed by atoms with Crippen molar-refractivity contribution in [3.8, 4) is 0 Å². The molecule has 0 radical (unpaired) electrons. The molecule has 10 nitrogen and oxygen atoms in total. The number of ketones is 1. The van der Waals surface area contributed by atoms with Crippen LogP contribution in [0.3, 0.4) is 0 Å². The molecule has 0 saturated heterocycles. The van der Waals surface area contributed by atoms with Crippen molar-refractivity contribution >= 4 is 52.2 Å². The Morgan fingerprint density at radius 2 is 1.32 bits per heavy atom. The molecule has 1 atom stereocenters. The maximum absolute atomic E-state index is 11.8. The van der Waals surface area contributed by atoms with Gasteiger partial charge in [-0.05, 0) is 52.4 Å². The standard InChI is InChI=1S/C10H10Cl2N4O.C10H8Cl2N4O/c2*11-5-10-13-15-16(14-10)6-9(17)7-1-3-8(12)4-2-7/h1-4,9,17H,5-6H2;1-4H,5-6H2/t9-;/m0./s1. The van der Waals surface area contributed by atoms with Crippen molar-refractivity contribution in [2.45, 2.75) is 31.0 Å². The average Bonchev–Trinajstić information content (AvgIpc) is 3.49. The number of tetrazole rings is 2. The fourth-order valence-electron chi connectivity index (χ4n) is 2.60. The van der Waals surface area contributed by atoms with Crippen molar-refractivity contribution in [1.82, 2.24) is 40.4 Å². The number of carbonyl (C=O) groups excluding carboxylic acids is 1. The Morgan fingerprint density at radius 1 is 0.824 bits per heavy atom. The summed E-state index contributed by atoms with van der Waals surface area (Å²) in [6, 6.07) is 13.6. The van der Waals surface area contributed by atoms with Gasteiger partial charge in [0.05, 0.1) is 18.3 Å². The van der Waals surface area contributed by atoms with E-state index in [-0.39, 0.29) is 30.6 Å². The van der Waals surface area contributed by atoms with Gasteiger partial charge in [0, 0.05) is 15.6 Å². The van der Waals surface area contributed by atoms with Crippen LogP contribution < -0.4 is 0 Å². The third-order valence-corrected chi connectivity index (χ3v) is 5.25. The van der Waals surface area contributed by atoms with Crippen LogP contribution in [0.1, 0.15) is 33.7 Å². The van der Waals surface area contributed by atoms with Crippen LogP contribution in [-0.4, -0.2) is 51.3 Å². The third-order valence-electron chi connectivity index (χ3n) is 4.27. The summed E-state index contributed by atoms with van der Waals surface area (Å²) in [5, 5.41) is 33.9. The zero-order valence-corrected chi connectivity index (χ0v) is 20.5. The Kier molecular flexibility index (Phi) is 9.73. The van der Waals surface area contributed by atoms with Crippen LogP contribution in [-0.2, 0) is 24.8 Å². The van der Waals surface area contributed by atoms with Gasteiger partial charge in [0.2, 0.25) is 0 Å². The van der Waals surface area contributed by atoms with E-state index in [1.807, 2.05) is 0 Å². The maximum atomic E-state index is 11.8. The van der Waals surface area contributed by atoms with Gasteiger partial charge in [-0.25, -0.2) is 0 Å². The maximum Gasteiger partial charge on any atom is 0.189 e. The van der Waals surface area contributed by atoms with Gasteiger partial charge in [-0.15, -0.1) is 43.6 Å². The minimum atomic E-state index is -0.704. The third kappa shape index (κ3) is 7.71. The van der Waals surface area contributed by atoms with Gasteiger partial charge in [0.25, 0.3) is 0 Å². The van der Waals surface area contributed by atoms with Crippen LogP contribution in [0.25, 0.3) is 0 Å². The molecule has 14 heteroatoms. The van der Waals surface area contributed by atoms with E-state index < -0.39 is 6.10 Å². The molecular weight excluding hydrogens is 526 g/mol. The minimum Gasteiger partial charge on any atom is -0.386 e. The van der Waals surface area contributed by atoms with Crippen LogP contribution in [0, 0.1) is 0 Å². The van der Waals surface area contributed by atoms with E-state index in [2.05, 4.69) is 30.8 Å². The minimum absolute atomic E-state index is 0.0333. The molecule has 0 saturated carbocycles. The Morgan fingerprint density at radius 3 is 1.85 bits per heavy atom. The van der Waals surface area contributed by atoms with Gasteiger partial charge in [-0.3, -0.25) is 4.79 Å². The second-order valence-corrected chi connectivity index (χ2v) is 8.17. The number of hydrogen-bond donors (Lipinski definition) is 1. The van der Waals surface area contributed by atoms with Crippen molar-refractivity contribution in [2.24, 2.45) is 0 Å². The van der Waals surface area contributed by atoms with Crippen molar-refractivity contribution < 1.29 is 9.90 Å². The summed E-state index contributed by atoms with van der Waals surface area (Å²) in [7, 11) is 0. The van der Waals surface area contributed by atoms with Gasteiger partial charge in [0.1, 0.15) is 12.6 Å². The number of aliphatic hydroxyl groups is 1. The molecule has 0 aliphatic rings. The molecule has 34 heavy (non-hydrogen) atoms. The summed E-state index contributed by atoms with van der Waals surface area (Å²) in [6.07, 6.45) is -0.704. The highest BCUT2D eigenvalue weighted by molar-refractivity contribution is 6.30. The van der Waals surface area contributed by atoms with Crippen LogP contribution in [0.15, 0.2) is 48.5 Å². The smallest absolute Gasteiger partial charge is 0.189 e. The number of hydrogen-bond acceptors (Lipinski definition) is 8. The summed E-state index contributed by atoms with van der Waals surface area (Å²) in [5.41, 5.74) is 1.30. The Bertz CT molecular complexity index is 1200. The average molecular weight is 544 g/mol. The van der Waals surface area contributed by atoms with E-state index in [0.29, 0.717) is 27.3 Å². The predicted octanol–water partition coefficient (Wildman–Crippen LogP) is 3.75. The first kappa shape index (κ1) is 26.0. The highest BCUT2D eigenvalue weighted by Gasteiger charge is 2.11. The van der Waals surface area contributed by atoms with Crippen LogP contribution in [0.5, 0.6) is 0 Å². The van der Waals surface area contributed by atoms with Gasteiger partial charge in [-0.2, -0.15) is 9.59 Å². The first-order valence-electron chi connectivity index (χ1n) is 9.75. The quantitative estimate of drug-likeness (QED) is 0.263. The molecule has 2 heterocycles. The van der Waals surface area contributed by atoms with Crippen molar-refractivity contribution in [3.05, 3.63) is 81.4 Å². The van der Waals surface area contributed by atoms with E-state index in [9.17, 15) is 9.90 Å². The van der Waals surface area contributed by atoms with Crippen molar-refractivity contribution in [3.63, 3.8) is 0 Å². The number of carbonyl (C=O) groups is 1. The Balaban J connectivity index is 0.000000191. The zero-order chi connectivity index (χ0) is 24.5. The molecule has 0 bridgehead atoms. The molecule has 2 aromatic heterocycles. The fraction of sp³-hybridized carbons (Fsp3) is 0.250. The molecule has 4 aromatic rings. The lowest BCUT2D eigenvalue weighted by Crippen LogP contribution is -2.13. The summed E-state index contributed by atoms with van der Waals surface area (Å²) < 4.78 is 0. The van der Waals surface area contributed by atoms with Crippen LogP contribution >= 0.6 is 46.4 Å². The molecule has 0 aliphatic heterocycles. The van der Waals surface area contributed by atoms with Crippen LogP contribution in [0.2, 0.25) is 10.0 Å². The Hall–Kier alpha value is -2.63. The van der Waals surface area contributed by atoms with Crippen molar-refractivity contribution in [2.75, 3.05) is 0 Å². The second-order valence-electron chi connectivity index (χ2n) is 6.76. The van der Waals surface area contributed by atoms with E-state index in [1.54, 1.807) is 48.5 Å². The first-order valence-corrected chi connectivity index (χ1v) is 11.6. The number of rotatable bonds is 8. The van der Waals surface area contributed by atoms with Gasteiger partial charge >= 0.3 is 0 Å². The molecule has 2 aromatic carbocycles. The van der Waals surface area contributed by atoms with E-state index >= 15 is 0 Å². The van der Waals surface area contributed by atoms with Crippen molar-refractivity contribution in [1.29, 1.82) is 0 Å². The number of aromatic nitrogens is 8. The zero-order valence-electron chi connectivity index (χ0n) is 17.5. The topological polar surface area (TPSA) is 125 Å². The predicted molar refractivity (Wildman–Crippen MR) is 127 cm³/mol. The lowest BCUT2D eigenvalue weighted by atomic mass is 10.1. The van der Waals surface area contributed by atoms with Gasteiger partial charge in [-0.1, -0.05) is 35.3 Å². The SMILES string of the molecule is O=C(Cn1nnc(CCl)n1)c1ccc(Cl)cc1.O[C@@H](Cn1nnc(CCl)n1)c1ccc(Cl)cc1. The highest BCUT2D eigenvalue weighted by Crippen LogP contribution is 2.17. The summed E-state index contributed by atoms with van der Waals surface area (Å²) in [6.45, 7) is 0.261. The van der Waals surface area contributed by atoms with E-state index in [0.717, 1.165) is 5.56 Å². The monoisotopic (exact) mass is 542 g/mol. The second kappa shape index (κ2) is 12.7. The molecule has 178 valence electrons. The summed E-state index contributed by atoms with van der Waals surface area (Å²) >= 11 is 22.6. The molecular formula is C20H18Cl4N8O2. The molecule has 0 fully saturated rings. The molecule has 0 amide bonds. The first-order chi connectivity index (χ1) is 16.4. The van der Waals surface area contributed by atoms with Gasteiger partial charge < -0.3 is 5.11 Å². The lowest BCUT2D eigenvalue weighted by molar-refractivity contribution is 0.0961. The molecule has 0 spiro atoms. The van der Waals surface area contributed by atoms with Gasteiger partial charge in [0.15, 0.2) is 17.4 Å². The number of Topliss-reactive ketones (excluding diaryl/α,β-unsaturated/α-hetero) is 1. The Labute approximate surface area is 214 Å². The molecule has 4 rings (SSSR count). The number of nitrogens with zero attached hydrogens (tertiary/aromatic N) is 8. The van der Waals surface area contributed by atoms with Crippen LogP contribution in [0.4, 0.5) is 0 Å². The van der Waals surface area contributed by atoms with E-state index in [4.69, 9.17) is 46.4 Å². The largest absolute Gasteiger partial charge is 0.386 e. The summed E-state index contributed by atoms with van der Waals surface area (Å²) in [4.78, 5) is 14.4. The number of aliphatic hydroxyl groups excluding tert-OH is 1. The number of alkyl halides is 2. The fourth-order valence-corrected chi connectivity index (χ4v) is 3.07. The summed E-state index contributed by atoms with van der Waals surface area (Å²) in [5.74, 6) is 1.11. The molecule has 1 N–H and O–H groups in total. The lowest BCUT2D eigenvalue weighted by Gasteiger charge is -2.09. The number of halogens is 4. The number of benzene rings is 2.